The smallest absolute Gasteiger partial charge is 0.243 e. The van der Waals surface area contributed by atoms with Crippen LogP contribution in [0.2, 0.25) is 0 Å². The molecule has 2 heterocycles. The van der Waals surface area contributed by atoms with Crippen LogP contribution in [0.3, 0.4) is 0 Å². The van der Waals surface area contributed by atoms with E-state index in [1.165, 1.54) is 4.90 Å². The minimum Gasteiger partial charge on any atom is -0.391 e. The van der Waals surface area contributed by atoms with Crippen LogP contribution in [0, 0.1) is 24.2 Å². The molecule has 0 saturated carbocycles. The van der Waals surface area contributed by atoms with Crippen LogP contribution >= 0.6 is 11.3 Å². The monoisotopic (exact) mass is 627 g/mol. The van der Waals surface area contributed by atoms with Crippen LogP contribution in [0.1, 0.15) is 96.4 Å². The summed E-state index contributed by atoms with van der Waals surface area (Å²) in [4.78, 5) is 58.2. The number of aromatic nitrogens is 1. The average molecular weight is 628 g/mol. The summed E-state index contributed by atoms with van der Waals surface area (Å²) in [5.74, 6) is -3.00. The Morgan fingerprint density at radius 1 is 1.07 bits per heavy atom. The molecule has 5 atom stereocenters. The van der Waals surface area contributed by atoms with Crippen molar-refractivity contribution in [2.45, 2.75) is 104 Å². The lowest BCUT2D eigenvalue weighted by Crippen LogP contribution is -2.53. The van der Waals surface area contributed by atoms with Crippen LogP contribution in [0.25, 0.3) is 10.4 Å². The van der Waals surface area contributed by atoms with Crippen molar-refractivity contribution in [1.29, 1.82) is 0 Å². The van der Waals surface area contributed by atoms with Crippen LogP contribution in [-0.2, 0) is 19.2 Å². The molecule has 0 spiro atoms. The summed E-state index contributed by atoms with van der Waals surface area (Å²) in [5.41, 5.74) is 15.2. The first kappa shape index (κ1) is 35.2. The zero-order valence-corrected chi connectivity index (χ0v) is 27.5. The SMILES string of the molecule is Cc1ncsc1-c1ccc([C@H](C)NC(=O)[C@@H]2C[C@@H](O)CN2C(=O)[C@@H](C(CCCCCCCC(N)=O)C(N)=O)C(C)(C)C)cc1. The third kappa shape index (κ3) is 9.34. The quantitative estimate of drug-likeness (QED) is 0.215. The molecule has 1 aromatic heterocycles. The predicted molar refractivity (Wildman–Crippen MR) is 172 cm³/mol. The summed E-state index contributed by atoms with van der Waals surface area (Å²) in [6.07, 6.45) is 4.10. The Bertz CT molecular complexity index is 1290. The Labute approximate surface area is 265 Å². The van der Waals surface area contributed by atoms with E-state index < -0.39 is 35.3 Å². The molecule has 4 amide bonds. The van der Waals surface area contributed by atoms with E-state index in [1.54, 1.807) is 11.3 Å². The van der Waals surface area contributed by atoms with Gasteiger partial charge in [0.1, 0.15) is 6.04 Å². The number of unbranched alkanes of at least 4 members (excludes halogenated alkanes) is 4. The number of nitrogens with one attached hydrogen (secondary N) is 1. The van der Waals surface area contributed by atoms with E-state index in [4.69, 9.17) is 11.5 Å². The number of likely N-dealkylation sites (tertiary alicyclic amines) is 1. The topological polar surface area (TPSA) is 169 Å². The second-order valence-electron chi connectivity index (χ2n) is 13.1. The fourth-order valence-corrected chi connectivity index (χ4v) is 7.00. The Morgan fingerprint density at radius 2 is 1.70 bits per heavy atom. The van der Waals surface area contributed by atoms with E-state index in [0.29, 0.717) is 19.3 Å². The Balaban J connectivity index is 1.69. The molecule has 2 aromatic rings. The number of nitrogens with two attached hydrogens (primary N) is 2. The van der Waals surface area contributed by atoms with Gasteiger partial charge in [-0.1, -0.05) is 70.7 Å². The number of β-amino-alcohol motifs (C(OH)–C–C–N with tert-alkyl or cyclic N) is 1. The van der Waals surface area contributed by atoms with Crippen molar-refractivity contribution < 1.29 is 24.3 Å². The Morgan fingerprint density at radius 3 is 2.27 bits per heavy atom. The van der Waals surface area contributed by atoms with E-state index in [-0.39, 0.29) is 36.7 Å². The fraction of sp³-hybridized carbons (Fsp3) is 0.606. The van der Waals surface area contributed by atoms with E-state index in [2.05, 4.69) is 10.3 Å². The molecule has 1 fully saturated rings. The van der Waals surface area contributed by atoms with Crippen molar-refractivity contribution in [3.63, 3.8) is 0 Å². The minimum absolute atomic E-state index is 0.0200. The van der Waals surface area contributed by atoms with Crippen molar-refractivity contribution >= 4 is 35.0 Å². The zero-order valence-electron chi connectivity index (χ0n) is 26.7. The Hall–Kier alpha value is -3.31. The number of rotatable bonds is 15. The van der Waals surface area contributed by atoms with Crippen molar-refractivity contribution in [3.05, 3.63) is 41.0 Å². The third-order valence-corrected chi connectivity index (χ3v) is 9.52. The molecular formula is C33H49N5O5S. The molecule has 11 heteroatoms. The van der Waals surface area contributed by atoms with E-state index in [1.807, 2.05) is 64.4 Å². The van der Waals surface area contributed by atoms with Gasteiger partial charge >= 0.3 is 0 Å². The average Bonchev–Trinajstić information content (AvgIpc) is 3.56. The highest BCUT2D eigenvalue weighted by atomic mass is 32.1. The second kappa shape index (κ2) is 15.6. The van der Waals surface area contributed by atoms with Gasteiger partial charge in [0.2, 0.25) is 23.6 Å². The van der Waals surface area contributed by atoms with Crippen LogP contribution in [0.4, 0.5) is 0 Å². The van der Waals surface area contributed by atoms with Crippen LogP contribution in [0.5, 0.6) is 0 Å². The molecule has 0 bridgehead atoms. The number of carbonyl (C=O) groups excluding carboxylic acids is 4. The van der Waals surface area contributed by atoms with Gasteiger partial charge in [-0.3, -0.25) is 19.2 Å². The lowest BCUT2D eigenvalue weighted by atomic mass is 9.70. The van der Waals surface area contributed by atoms with Gasteiger partial charge in [-0.2, -0.15) is 0 Å². The van der Waals surface area contributed by atoms with Crippen molar-refractivity contribution in [2.75, 3.05) is 6.54 Å². The molecule has 0 aliphatic carbocycles. The van der Waals surface area contributed by atoms with Gasteiger partial charge in [0.15, 0.2) is 0 Å². The lowest BCUT2D eigenvalue weighted by Gasteiger charge is -2.38. The zero-order chi connectivity index (χ0) is 32.6. The van der Waals surface area contributed by atoms with Gasteiger partial charge in [0, 0.05) is 25.3 Å². The predicted octanol–water partition coefficient (Wildman–Crippen LogP) is 4.24. The minimum atomic E-state index is -0.859. The maximum atomic E-state index is 14.1. The summed E-state index contributed by atoms with van der Waals surface area (Å²) in [5, 5.41) is 13.6. The number of thiazole rings is 1. The van der Waals surface area contributed by atoms with Crippen molar-refractivity contribution in [3.8, 4) is 10.4 Å². The highest BCUT2D eigenvalue weighted by Crippen LogP contribution is 2.38. The second-order valence-corrected chi connectivity index (χ2v) is 14.0. The highest BCUT2D eigenvalue weighted by Gasteiger charge is 2.47. The number of carbonyl (C=O) groups is 4. The molecule has 44 heavy (non-hydrogen) atoms. The first-order valence-corrected chi connectivity index (χ1v) is 16.5. The van der Waals surface area contributed by atoms with E-state index in [9.17, 15) is 24.3 Å². The largest absolute Gasteiger partial charge is 0.391 e. The molecule has 1 saturated heterocycles. The number of amides is 4. The number of aryl methyl sites for hydroxylation is 1. The normalized spacial score (nSPS) is 18.9. The first-order valence-electron chi connectivity index (χ1n) is 15.6. The molecule has 1 aliphatic heterocycles. The van der Waals surface area contributed by atoms with Crippen molar-refractivity contribution in [2.24, 2.45) is 28.7 Å². The summed E-state index contributed by atoms with van der Waals surface area (Å²) >= 11 is 1.58. The molecule has 1 aromatic carbocycles. The maximum Gasteiger partial charge on any atom is 0.243 e. The molecule has 1 aliphatic rings. The Kier molecular flexibility index (Phi) is 12.5. The number of hydrogen-bond donors (Lipinski definition) is 4. The molecule has 10 nitrogen and oxygen atoms in total. The van der Waals surface area contributed by atoms with Crippen LogP contribution in [-0.4, -0.2) is 57.3 Å². The van der Waals surface area contributed by atoms with Gasteiger partial charge < -0.3 is 26.8 Å². The van der Waals surface area contributed by atoms with E-state index >= 15 is 0 Å². The molecule has 3 rings (SSSR count). The van der Waals surface area contributed by atoms with Gasteiger partial charge in [0.25, 0.3) is 0 Å². The molecule has 0 radical (unpaired) electrons. The highest BCUT2D eigenvalue weighted by molar-refractivity contribution is 7.13. The lowest BCUT2D eigenvalue weighted by molar-refractivity contribution is -0.149. The molecule has 6 N–H and O–H groups in total. The number of aliphatic hydroxyl groups excluding tert-OH is 1. The third-order valence-electron chi connectivity index (χ3n) is 8.55. The maximum absolute atomic E-state index is 14.1. The van der Waals surface area contributed by atoms with Crippen molar-refractivity contribution in [1.82, 2.24) is 15.2 Å². The number of aliphatic hydroxyl groups is 1. The molecule has 1 unspecified atom stereocenters. The van der Waals surface area contributed by atoms with Gasteiger partial charge in [-0.15, -0.1) is 11.3 Å². The summed E-state index contributed by atoms with van der Waals surface area (Å²) < 4.78 is 0. The summed E-state index contributed by atoms with van der Waals surface area (Å²) in [6, 6.07) is 6.77. The standard InChI is InChI=1S/C33H49N5O5S/c1-20(22-13-15-23(16-14-22)29-21(2)36-19-44-29)37-31(42)26-17-24(39)18-38(26)32(43)28(33(3,4)5)25(30(35)41)11-9-7-6-8-10-12-27(34)40/h13-16,19-20,24-26,28,39H,6-12,17-18H2,1-5H3,(H2,34,40)(H2,35,41)(H,37,42)/t20-,24+,25?,26-,28+/m0/s1. The number of primary amides is 2. The number of hydrogen-bond acceptors (Lipinski definition) is 7. The summed E-state index contributed by atoms with van der Waals surface area (Å²) in [7, 11) is 0. The number of nitrogens with zero attached hydrogens (tertiary/aromatic N) is 2. The van der Waals surface area contributed by atoms with Gasteiger partial charge in [-0.25, -0.2) is 4.98 Å². The molecular weight excluding hydrogens is 578 g/mol. The van der Waals surface area contributed by atoms with Crippen LogP contribution in [0.15, 0.2) is 29.8 Å². The molecule has 242 valence electrons. The van der Waals surface area contributed by atoms with E-state index in [0.717, 1.165) is 47.4 Å². The first-order chi connectivity index (χ1) is 20.7. The van der Waals surface area contributed by atoms with Gasteiger partial charge in [0.05, 0.1) is 34.1 Å². The fourth-order valence-electron chi connectivity index (χ4n) is 6.19. The van der Waals surface area contributed by atoms with Crippen LogP contribution < -0.4 is 16.8 Å². The number of benzene rings is 1. The van der Waals surface area contributed by atoms with Gasteiger partial charge in [-0.05, 0) is 43.2 Å². The summed E-state index contributed by atoms with van der Waals surface area (Å²) in [6.45, 7) is 9.57.